The maximum absolute atomic E-state index is 11.9. The largest absolute Gasteiger partial charge is 0.276 e. The molecule has 3 rings (SSSR count). The van der Waals surface area contributed by atoms with Crippen LogP contribution in [0.4, 0.5) is 0 Å². The molecule has 0 aliphatic heterocycles. The Balaban J connectivity index is 1.89. The molecule has 3 aromatic rings. The smallest absolute Gasteiger partial charge is 0.237 e. The number of hydrogen-bond donors (Lipinski definition) is 0. The summed E-state index contributed by atoms with van der Waals surface area (Å²) in [6.45, 7) is 0. The summed E-state index contributed by atoms with van der Waals surface area (Å²) in [6.07, 6.45) is 5.01. The number of aromatic nitrogens is 3. The Morgan fingerprint density at radius 1 is 1.17 bits per heavy atom. The minimum absolute atomic E-state index is 0.0321. The lowest BCUT2D eigenvalue weighted by Gasteiger charge is -2.03. The first-order valence-corrected chi connectivity index (χ1v) is 5.69. The van der Waals surface area contributed by atoms with Crippen LogP contribution < -0.4 is 0 Å². The summed E-state index contributed by atoms with van der Waals surface area (Å²) in [5, 5.41) is 1.08. The molecule has 4 nitrogen and oxygen atoms in total. The van der Waals surface area contributed by atoms with Gasteiger partial charge >= 0.3 is 0 Å². The number of carbonyl (C=O) groups excluding carboxylic acids is 1. The lowest BCUT2D eigenvalue weighted by Crippen LogP contribution is -2.12. The Labute approximate surface area is 104 Å². The van der Waals surface area contributed by atoms with E-state index in [0.717, 1.165) is 16.6 Å². The van der Waals surface area contributed by atoms with Gasteiger partial charge in [0.2, 0.25) is 5.91 Å². The summed E-state index contributed by atoms with van der Waals surface area (Å²) in [7, 11) is 0. The van der Waals surface area contributed by atoms with Gasteiger partial charge in [-0.05, 0) is 12.1 Å². The van der Waals surface area contributed by atoms with Gasteiger partial charge in [-0.3, -0.25) is 14.3 Å². The lowest BCUT2D eigenvalue weighted by atomic mass is 10.2. The van der Waals surface area contributed by atoms with Gasteiger partial charge in [0.15, 0.2) is 0 Å². The molecule has 0 saturated heterocycles. The molecule has 0 saturated carbocycles. The molecule has 88 valence electrons. The van der Waals surface area contributed by atoms with Gasteiger partial charge in [-0.25, -0.2) is 4.98 Å². The maximum atomic E-state index is 11.9. The number of carbonyl (C=O) groups is 1. The van der Waals surface area contributed by atoms with Gasteiger partial charge in [-0.15, -0.1) is 0 Å². The Hall–Kier alpha value is -2.49. The normalized spacial score (nSPS) is 10.7. The fraction of sp³-hybridized carbons (Fsp3) is 0.0714. The number of imidazole rings is 1. The van der Waals surface area contributed by atoms with Gasteiger partial charge in [-0.1, -0.05) is 24.3 Å². The molecule has 0 radical (unpaired) electrons. The van der Waals surface area contributed by atoms with E-state index in [4.69, 9.17) is 0 Å². The zero-order valence-electron chi connectivity index (χ0n) is 9.65. The van der Waals surface area contributed by atoms with Gasteiger partial charge in [0.05, 0.1) is 17.6 Å². The SMILES string of the molecule is O=C(Cc1ccc2ccccc2n1)n1ccnc1. The van der Waals surface area contributed by atoms with E-state index in [2.05, 4.69) is 9.97 Å². The third-order valence-corrected chi connectivity index (χ3v) is 2.78. The van der Waals surface area contributed by atoms with Crippen molar-refractivity contribution in [2.24, 2.45) is 0 Å². The monoisotopic (exact) mass is 237 g/mol. The highest BCUT2D eigenvalue weighted by Crippen LogP contribution is 2.12. The molecular weight excluding hydrogens is 226 g/mol. The number of benzene rings is 1. The zero-order chi connectivity index (χ0) is 12.4. The molecule has 0 N–H and O–H groups in total. The third kappa shape index (κ3) is 2.00. The quantitative estimate of drug-likeness (QED) is 0.687. The zero-order valence-corrected chi connectivity index (χ0v) is 9.65. The van der Waals surface area contributed by atoms with Crippen LogP contribution in [0.3, 0.4) is 0 Å². The van der Waals surface area contributed by atoms with E-state index in [-0.39, 0.29) is 12.3 Å². The first-order valence-electron chi connectivity index (χ1n) is 5.69. The van der Waals surface area contributed by atoms with Crippen LogP contribution in [0.25, 0.3) is 10.9 Å². The van der Waals surface area contributed by atoms with Crippen LogP contribution in [0.15, 0.2) is 55.1 Å². The van der Waals surface area contributed by atoms with Crippen LogP contribution in [-0.2, 0) is 6.42 Å². The Bertz CT molecular complexity index is 689. The van der Waals surface area contributed by atoms with E-state index in [1.165, 1.54) is 10.9 Å². The lowest BCUT2D eigenvalue weighted by molar-refractivity contribution is 0.0913. The summed E-state index contributed by atoms with van der Waals surface area (Å²) in [5.74, 6) is -0.0321. The minimum Gasteiger partial charge on any atom is -0.276 e. The van der Waals surface area contributed by atoms with E-state index in [1.807, 2.05) is 36.4 Å². The summed E-state index contributed by atoms with van der Waals surface area (Å²) < 4.78 is 1.47. The standard InChI is InChI=1S/C14H11N3O/c18-14(17-8-7-15-10-17)9-12-6-5-11-3-1-2-4-13(11)16-12/h1-8,10H,9H2. The van der Waals surface area contributed by atoms with Crippen molar-refractivity contribution in [1.29, 1.82) is 0 Å². The molecule has 2 aromatic heterocycles. The molecule has 0 bridgehead atoms. The predicted molar refractivity (Wildman–Crippen MR) is 68.3 cm³/mol. The summed E-state index contributed by atoms with van der Waals surface area (Å²) in [5.41, 5.74) is 1.68. The fourth-order valence-electron chi connectivity index (χ4n) is 1.86. The number of rotatable bonds is 2. The molecule has 0 fully saturated rings. The van der Waals surface area contributed by atoms with Gasteiger partial charge in [0.25, 0.3) is 0 Å². The molecule has 0 aliphatic rings. The molecule has 0 spiro atoms. The van der Waals surface area contributed by atoms with Crippen LogP contribution in [-0.4, -0.2) is 20.4 Å². The van der Waals surface area contributed by atoms with Crippen LogP contribution in [0.2, 0.25) is 0 Å². The molecule has 0 amide bonds. The Kier molecular flexibility index (Phi) is 2.61. The number of para-hydroxylation sites is 1. The second-order valence-corrected chi connectivity index (χ2v) is 4.04. The molecule has 0 atom stereocenters. The summed E-state index contributed by atoms with van der Waals surface area (Å²) in [4.78, 5) is 20.2. The van der Waals surface area contributed by atoms with Crippen molar-refractivity contribution < 1.29 is 4.79 Å². The molecule has 18 heavy (non-hydrogen) atoms. The van der Waals surface area contributed by atoms with Gasteiger partial charge in [0, 0.05) is 17.8 Å². The fourth-order valence-corrected chi connectivity index (χ4v) is 1.86. The topological polar surface area (TPSA) is 47.8 Å². The second kappa shape index (κ2) is 4.41. The van der Waals surface area contributed by atoms with Crippen LogP contribution >= 0.6 is 0 Å². The number of nitrogens with zero attached hydrogens (tertiary/aromatic N) is 3. The Morgan fingerprint density at radius 2 is 2.06 bits per heavy atom. The highest BCUT2D eigenvalue weighted by Gasteiger charge is 2.07. The van der Waals surface area contributed by atoms with Crippen LogP contribution in [0.5, 0.6) is 0 Å². The highest BCUT2D eigenvalue weighted by atomic mass is 16.2. The van der Waals surface area contributed by atoms with Gasteiger partial charge < -0.3 is 0 Å². The second-order valence-electron chi connectivity index (χ2n) is 4.04. The number of fused-ring (bicyclic) bond motifs is 1. The average molecular weight is 237 g/mol. The predicted octanol–water partition coefficient (Wildman–Crippen LogP) is 2.31. The molecule has 1 aromatic carbocycles. The van der Waals surface area contributed by atoms with Gasteiger partial charge in [-0.2, -0.15) is 0 Å². The van der Waals surface area contributed by atoms with Crippen molar-refractivity contribution in [3.05, 3.63) is 60.8 Å². The molecule has 0 unspecified atom stereocenters. The van der Waals surface area contributed by atoms with E-state index < -0.39 is 0 Å². The molecule has 4 heteroatoms. The molecule has 2 heterocycles. The molecular formula is C14H11N3O. The van der Waals surface area contributed by atoms with E-state index in [1.54, 1.807) is 12.4 Å². The van der Waals surface area contributed by atoms with Crippen molar-refractivity contribution in [2.75, 3.05) is 0 Å². The first kappa shape index (κ1) is 10.7. The number of pyridine rings is 1. The average Bonchev–Trinajstić information content (AvgIpc) is 2.92. The van der Waals surface area contributed by atoms with Crippen molar-refractivity contribution in [3.8, 4) is 0 Å². The summed E-state index contributed by atoms with van der Waals surface area (Å²) >= 11 is 0. The van der Waals surface area contributed by atoms with E-state index in [0.29, 0.717) is 0 Å². The van der Waals surface area contributed by atoms with Gasteiger partial charge in [0.1, 0.15) is 6.33 Å². The van der Waals surface area contributed by atoms with Crippen molar-refractivity contribution >= 4 is 16.8 Å². The number of hydrogen-bond acceptors (Lipinski definition) is 3. The van der Waals surface area contributed by atoms with E-state index in [9.17, 15) is 4.79 Å². The van der Waals surface area contributed by atoms with Crippen molar-refractivity contribution in [2.45, 2.75) is 6.42 Å². The minimum atomic E-state index is -0.0321. The van der Waals surface area contributed by atoms with Crippen molar-refractivity contribution in [1.82, 2.24) is 14.5 Å². The van der Waals surface area contributed by atoms with Crippen LogP contribution in [0.1, 0.15) is 10.5 Å². The molecule has 0 aliphatic carbocycles. The van der Waals surface area contributed by atoms with Crippen LogP contribution in [0, 0.1) is 0 Å². The maximum Gasteiger partial charge on any atom is 0.237 e. The van der Waals surface area contributed by atoms with Crippen molar-refractivity contribution in [3.63, 3.8) is 0 Å². The Morgan fingerprint density at radius 3 is 2.89 bits per heavy atom. The highest BCUT2D eigenvalue weighted by molar-refractivity contribution is 5.82. The van der Waals surface area contributed by atoms with E-state index >= 15 is 0 Å². The third-order valence-electron chi connectivity index (χ3n) is 2.78. The summed E-state index contributed by atoms with van der Waals surface area (Å²) in [6, 6.07) is 11.7. The first-order chi connectivity index (χ1) is 8.83.